The Morgan fingerprint density at radius 3 is 2.33 bits per heavy atom. The zero-order valence-electron chi connectivity index (χ0n) is 12.5. The van der Waals surface area contributed by atoms with Gasteiger partial charge in [-0.25, -0.2) is 4.79 Å². The molecule has 6 heteroatoms. The van der Waals surface area contributed by atoms with Crippen molar-refractivity contribution in [2.45, 2.75) is 25.3 Å². The molecule has 0 saturated heterocycles. The average molecular weight is 293 g/mol. The third-order valence-corrected chi connectivity index (χ3v) is 3.20. The number of rotatable bonds is 8. The molecule has 1 atom stereocenters. The first-order valence-corrected chi connectivity index (χ1v) is 6.97. The maximum atomic E-state index is 12.1. The van der Waals surface area contributed by atoms with Crippen LogP contribution in [0.3, 0.4) is 0 Å². The lowest BCUT2D eigenvalue weighted by Crippen LogP contribution is -2.40. The Bertz CT molecular complexity index is 472. The largest absolute Gasteiger partial charge is 0.480 e. The second-order valence-electron chi connectivity index (χ2n) is 5.09. The van der Waals surface area contributed by atoms with Gasteiger partial charge in [0.15, 0.2) is 0 Å². The van der Waals surface area contributed by atoms with E-state index in [-0.39, 0.29) is 5.91 Å². The van der Waals surface area contributed by atoms with Gasteiger partial charge in [-0.2, -0.15) is 0 Å². The minimum Gasteiger partial charge on any atom is -0.480 e. The van der Waals surface area contributed by atoms with E-state index in [4.69, 9.17) is 10.8 Å². The number of anilines is 1. The van der Waals surface area contributed by atoms with E-state index in [1.807, 2.05) is 31.1 Å². The van der Waals surface area contributed by atoms with Crippen LogP contribution in [0.4, 0.5) is 5.69 Å². The number of nitrogens with zero attached hydrogens (tertiary/aromatic N) is 1. The lowest BCUT2D eigenvalue weighted by atomic mass is 10.1. The predicted octanol–water partition coefficient (Wildman–Crippen LogP) is 1.06. The number of aliphatic carboxylic acids is 1. The lowest BCUT2D eigenvalue weighted by molar-refractivity contribution is -0.139. The van der Waals surface area contributed by atoms with Crippen molar-refractivity contribution in [1.82, 2.24) is 5.32 Å². The number of nitrogens with one attached hydrogen (secondary N) is 1. The van der Waals surface area contributed by atoms with Gasteiger partial charge in [0.05, 0.1) is 0 Å². The molecule has 4 N–H and O–H groups in total. The minimum absolute atomic E-state index is 0.375. The fourth-order valence-electron chi connectivity index (χ4n) is 1.90. The molecule has 0 aromatic heterocycles. The fourth-order valence-corrected chi connectivity index (χ4v) is 1.90. The van der Waals surface area contributed by atoms with Crippen molar-refractivity contribution < 1.29 is 14.7 Å². The third-order valence-electron chi connectivity index (χ3n) is 3.20. The summed E-state index contributed by atoms with van der Waals surface area (Å²) < 4.78 is 0. The molecule has 0 fully saturated rings. The number of carboxylic acid groups (broad SMARTS) is 1. The summed E-state index contributed by atoms with van der Waals surface area (Å²) in [5.74, 6) is -1.40. The highest BCUT2D eigenvalue weighted by Crippen LogP contribution is 2.12. The van der Waals surface area contributed by atoms with Crippen molar-refractivity contribution in [1.29, 1.82) is 0 Å². The topological polar surface area (TPSA) is 95.7 Å². The van der Waals surface area contributed by atoms with Gasteiger partial charge in [-0.05, 0) is 50.1 Å². The Kier molecular flexibility index (Phi) is 6.68. The van der Waals surface area contributed by atoms with Crippen LogP contribution < -0.4 is 16.0 Å². The maximum Gasteiger partial charge on any atom is 0.326 e. The van der Waals surface area contributed by atoms with Crippen LogP contribution in [0.1, 0.15) is 29.6 Å². The van der Waals surface area contributed by atoms with E-state index in [1.165, 1.54) is 0 Å². The number of amides is 1. The SMILES string of the molecule is CN(C)c1ccc(C(=O)N[C@@H](CCCCN)C(=O)O)cc1. The summed E-state index contributed by atoms with van der Waals surface area (Å²) in [4.78, 5) is 25.1. The van der Waals surface area contributed by atoms with Gasteiger partial charge in [0.1, 0.15) is 6.04 Å². The molecule has 1 aromatic carbocycles. The highest BCUT2D eigenvalue weighted by atomic mass is 16.4. The fraction of sp³-hybridized carbons (Fsp3) is 0.467. The van der Waals surface area contributed by atoms with Crippen molar-refractivity contribution in [3.05, 3.63) is 29.8 Å². The molecule has 0 saturated carbocycles. The van der Waals surface area contributed by atoms with Crippen LogP contribution in [0.2, 0.25) is 0 Å². The number of carbonyl (C=O) groups excluding carboxylic acids is 1. The average Bonchev–Trinajstić information content (AvgIpc) is 2.46. The molecular formula is C15H23N3O3. The molecule has 116 valence electrons. The molecule has 0 aliphatic heterocycles. The van der Waals surface area contributed by atoms with Crippen molar-refractivity contribution in [3.8, 4) is 0 Å². The van der Waals surface area contributed by atoms with Crippen molar-refractivity contribution in [2.24, 2.45) is 5.73 Å². The van der Waals surface area contributed by atoms with Gasteiger partial charge in [0, 0.05) is 25.3 Å². The van der Waals surface area contributed by atoms with Gasteiger partial charge >= 0.3 is 5.97 Å². The predicted molar refractivity (Wildman–Crippen MR) is 82.6 cm³/mol. The molecule has 0 unspecified atom stereocenters. The van der Waals surface area contributed by atoms with E-state index in [1.54, 1.807) is 12.1 Å². The normalized spacial score (nSPS) is 11.8. The molecule has 1 aromatic rings. The number of unbranched alkanes of at least 4 members (excludes halogenated alkanes) is 1. The number of hydrogen-bond donors (Lipinski definition) is 3. The summed E-state index contributed by atoms with van der Waals surface area (Å²) in [6, 6.07) is 6.13. The Balaban J connectivity index is 2.66. The third kappa shape index (κ3) is 5.43. The Morgan fingerprint density at radius 2 is 1.86 bits per heavy atom. The summed E-state index contributed by atoms with van der Waals surface area (Å²) in [6.07, 6.45) is 1.80. The van der Waals surface area contributed by atoms with Gasteiger partial charge in [-0.3, -0.25) is 4.79 Å². The van der Waals surface area contributed by atoms with Crippen LogP contribution in [-0.4, -0.2) is 43.7 Å². The summed E-state index contributed by atoms with van der Waals surface area (Å²) in [5, 5.41) is 11.7. The molecule has 0 bridgehead atoms. The van der Waals surface area contributed by atoms with E-state index in [0.717, 1.165) is 12.1 Å². The first kappa shape index (κ1) is 17.0. The smallest absolute Gasteiger partial charge is 0.326 e. The first-order valence-electron chi connectivity index (χ1n) is 6.97. The molecule has 0 radical (unpaired) electrons. The van der Waals surface area contributed by atoms with Gasteiger partial charge < -0.3 is 21.1 Å². The maximum absolute atomic E-state index is 12.1. The van der Waals surface area contributed by atoms with E-state index < -0.39 is 12.0 Å². The van der Waals surface area contributed by atoms with Gasteiger partial charge in [0.25, 0.3) is 5.91 Å². The van der Waals surface area contributed by atoms with Gasteiger partial charge in [-0.1, -0.05) is 0 Å². The van der Waals surface area contributed by atoms with Crippen LogP contribution in [0.25, 0.3) is 0 Å². The van der Waals surface area contributed by atoms with E-state index >= 15 is 0 Å². The molecule has 0 heterocycles. The molecule has 0 aliphatic rings. The molecular weight excluding hydrogens is 270 g/mol. The quantitative estimate of drug-likeness (QED) is 0.623. The van der Waals surface area contributed by atoms with Crippen LogP contribution in [-0.2, 0) is 4.79 Å². The lowest BCUT2D eigenvalue weighted by Gasteiger charge is -2.15. The van der Waals surface area contributed by atoms with Crippen molar-refractivity contribution >= 4 is 17.6 Å². The second kappa shape index (κ2) is 8.26. The summed E-state index contributed by atoms with van der Waals surface area (Å²) >= 11 is 0. The first-order chi connectivity index (χ1) is 9.95. The Labute approximate surface area is 124 Å². The number of nitrogens with two attached hydrogens (primary N) is 1. The van der Waals surface area contributed by atoms with Crippen molar-refractivity contribution in [2.75, 3.05) is 25.5 Å². The molecule has 6 nitrogen and oxygen atoms in total. The number of benzene rings is 1. The van der Waals surface area contributed by atoms with Crippen molar-refractivity contribution in [3.63, 3.8) is 0 Å². The number of carbonyl (C=O) groups is 2. The molecule has 1 amide bonds. The van der Waals surface area contributed by atoms with Crippen LogP contribution in [0.15, 0.2) is 24.3 Å². The number of carboxylic acids is 1. The van der Waals surface area contributed by atoms with Gasteiger partial charge in [-0.15, -0.1) is 0 Å². The Hall–Kier alpha value is -2.08. The van der Waals surface area contributed by atoms with E-state index in [0.29, 0.717) is 24.9 Å². The van der Waals surface area contributed by atoms with Gasteiger partial charge in [0.2, 0.25) is 0 Å². The van der Waals surface area contributed by atoms with E-state index in [2.05, 4.69) is 5.32 Å². The highest BCUT2D eigenvalue weighted by Gasteiger charge is 2.20. The molecule has 1 rings (SSSR count). The number of hydrogen-bond acceptors (Lipinski definition) is 4. The highest BCUT2D eigenvalue weighted by molar-refractivity contribution is 5.96. The second-order valence-corrected chi connectivity index (χ2v) is 5.09. The van der Waals surface area contributed by atoms with E-state index in [9.17, 15) is 9.59 Å². The zero-order valence-corrected chi connectivity index (χ0v) is 12.5. The minimum atomic E-state index is -1.02. The summed E-state index contributed by atoms with van der Waals surface area (Å²) in [7, 11) is 3.82. The monoisotopic (exact) mass is 293 g/mol. The van der Waals surface area contributed by atoms with Crippen LogP contribution >= 0.6 is 0 Å². The van der Waals surface area contributed by atoms with Crippen LogP contribution in [0, 0.1) is 0 Å². The summed E-state index contributed by atoms with van der Waals surface area (Å²) in [5.41, 5.74) is 6.81. The summed E-state index contributed by atoms with van der Waals surface area (Å²) in [6.45, 7) is 0.520. The molecule has 0 spiro atoms. The zero-order chi connectivity index (χ0) is 15.8. The van der Waals surface area contributed by atoms with Crippen LogP contribution in [0.5, 0.6) is 0 Å². The molecule has 21 heavy (non-hydrogen) atoms. The Morgan fingerprint density at radius 1 is 1.24 bits per heavy atom. The molecule has 0 aliphatic carbocycles. The standard InChI is InChI=1S/C15H23N3O3/c1-18(2)12-8-6-11(7-9-12)14(19)17-13(15(20)21)5-3-4-10-16/h6-9,13H,3-5,10,16H2,1-2H3,(H,17,19)(H,20,21)/t13-/m0/s1.